The first kappa shape index (κ1) is 12.3. The van der Waals surface area contributed by atoms with Crippen LogP contribution in [-0.2, 0) is 0 Å². The number of aliphatic imine (C=N–C) groups is 1. The number of nitrogens with one attached hydrogen (secondary N) is 2. The van der Waals surface area contributed by atoms with Gasteiger partial charge < -0.3 is 5.32 Å². The van der Waals surface area contributed by atoms with E-state index in [4.69, 9.17) is 5.84 Å². The van der Waals surface area contributed by atoms with Gasteiger partial charge >= 0.3 is 0 Å². The molecule has 0 aliphatic heterocycles. The molecule has 4 heteroatoms. The largest absolute Gasteiger partial charge is 0.355 e. The molecule has 0 saturated heterocycles. The van der Waals surface area contributed by atoms with E-state index in [2.05, 4.69) is 22.7 Å². The summed E-state index contributed by atoms with van der Waals surface area (Å²) in [5, 5.41) is 3.17. The second-order valence-corrected chi connectivity index (χ2v) is 4.26. The van der Waals surface area contributed by atoms with Crippen LogP contribution in [0.2, 0.25) is 0 Å². The first-order valence-corrected chi connectivity index (χ1v) is 6.11. The van der Waals surface area contributed by atoms with Gasteiger partial charge in [0.2, 0.25) is 5.96 Å². The topological polar surface area (TPSA) is 62.4 Å². The van der Waals surface area contributed by atoms with Gasteiger partial charge in [-0.3, -0.25) is 10.4 Å². The summed E-state index contributed by atoms with van der Waals surface area (Å²) in [5.41, 5.74) is 2.62. The minimum Gasteiger partial charge on any atom is -0.355 e. The van der Waals surface area contributed by atoms with E-state index in [1.807, 2.05) is 0 Å². The van der Waals surface area contributed by atoms with Crippen LogP contribution in [0.3, 0.4) is 0 Å². The highest BCUT2D eigenvalue weighted by Crippen LogP contribution is 2.23. The first-order valence-electron chi connectivity index (χ1n) is 6.11. The van der Waals surface area contributed by atoms with Crippen LogP contribution < -0.4 is 16.6 Å². The number of hydrogen-bond acceptors (Lipinski definition) is 2. The van der Waals surface area contributed by atoms with Crippen molar-refractivity contribution < 1.29 is 0 Å². The van der Waals surface area contributed by atoms with Crippen LogP contribution in [0.25, 0.3) is 0 Å². The van der Waals surface area contributed by atoms with Gasteiger partial charge in [-0.15, -0.1) is 0 Å². The van der Waals surface area contributed by atoms with Gasteiger partial charge in [-0.05, 0) is 25.2 Å². The normalized spacial score (nSPS) is 18.9. The minimum absolute atomic E-state index is 0.738. The highest BCUT2D eigenvalue weighted by Gasteiger charge is 2.12. The molecule has 1 aliphatic rings. The predicted molar refractivity (Wildman–Crippen MR) is 64.5 cm³/mol. The number of nitrogens with two attached hydrogens (primary N) is 1. The van der Waals surface area contributed by atoms with Crippen LogP contribution in [0.5, 0.6) is 0 Å². The van der Waals surface area contributed by atoms with Crippen molar-refractivity contribution in [3.8, 4) is 0 Å². The van der Waals surface area contributed by atoms with Crippen LogP contribution in [0.1, 0.15) is 45.4 Å². The summed E-state index contributed by atoms with van der Waals surface area (Å²) >= 11 is 0. The zero-order chi connectivity index (χ0) is 10.9. The highest BCUT2D eigenvalue weighted by atomic mass is 15.3. The quantitative estimate of drug-likeness (QED) is 0.285. The maximum absolute atomic E-state index is 5.39. The molecular weight excluding hydrogens is 188 g/mol. The van der Waals surface area contributed by atoms with E-state index < -0.39 is 0 Å². The highest BCUT2D eigenvalue weighted by molar-refractivity contribution is 5.79. The van der Waals surface area contributed by atoms with Crippen LogP contribution in [-0.4, -0.2) is 19.0 Å². The summed E-state index contributed by atoms with van der Waals surface area (Å²) in [4.78, 5) is 4.47. The molecule has 0 aromatic rings. The van der Waals surface area contributed by atoms with E-state index >= 15 is 0 Å². The maximum Gasteiger partial charge on any atom is 0.205 e. The Hall–Kier alpha value is -0.770. The van der Waals surface area contributed by atoms with Gasteiger partial charge in [-0.1, -0.05) is 26.2 Å². The van der Waals surface area contributed by atoms with Crippen molar-refractivity contribution in [2.45, 2.75) is 45.4 Å². The van der Waals surface area contributed by atoms with E-state index in [9.17, 15) is 0 Å². The zero-order valence-corrected chi connectivity index (χ0v) is 9.76. The molecule has 88 valence electrons. The Labute approximate surface area is 92.7 Å². The molecule has 4 nitrogen and oxygen atoms in total. The lowest BCUT2D eigenvalue weighted by Crippen LogP contribution is -2.42. The van der Waals surface area contributed by atoms with Gasteiger partial charge in [0.25, 0.3) is 0 Å². The van der Waals surface area contributed by atoms with E-state index in [1.165, 1.54) is 32.1 Å². The molecule has 1 rings (SSSR count). The van der Waals surface area contributed by atoms with Crippen molar-refractivity contribution in [2.24, 2.45) is 16.8 Å². The second kappa shape index (κ2) is 7.51. The molecule has 1 fully saturated rings. The summed E-state index contributed by atoms with van der Waals surface area (Å²) in [5.74, 6) is 6.89. The molecule has 0 atom stereocenters. The van der Waals surface area contributed by atoms with E-state index in [1.54, 1.807) is 0 Å². The van der Waals surface area contributed by atoms with Gasteiger partial charge in [0.15, 0.2) is 0 Å². The SMILES string of the molecule is CCCNC(=NCC1CCCCC1)NN. The molecule has 15 heavy (non-hydrogen) atoms. The van der Waals surface area contributed by atoms with Crippen molar-refractivity contribution in [1.29, 1.82) is 0 Å². The fourth-order valence-corrected chi connectivity index (χ4v) is 1.99. The second-order valence-electron chi connectivity index (χ2n) is 4.26. The third kappa shape index (κ3) is 5.02. The van der Waals surface area contributed by atoms with Crippen LogP contribution in [0.4, 0.5) is 0 Å². The lowest BCUT2D eigenvalue weighted by atomic mass is 9.89. The third-order valence-electron chi connectivity index (χ3n) is 2.91. The van der Waals surface area contributed by atoms with Gasteiger partial charge in [-0.25, -0.2) is 5.84 Å². The molecule has 1 aliphatic carbocycles. The van der Waals surface area contributed by atoms with Crippen molar-refractivity contribution >= 4 is 5.96 Å². The molecule has 4 N–H and O–H groups in total. The molecule has 0 unspecified atom stereocenters. The fraction of sp³-hybridized carbons (Fsp3) is 0.909. The summed E-state index contributed by atoms with van der Waals surface area (Å²) in [7, 11) is 0. The standard InChI is InChI=1S/C11H24N4/c1-2-8-13-11(15-12)14-9-10-6-4-3-5-7-10/h10H,2-9,12H2,1H3,(H2,13,14,15). The van der Waals surface area contributed by atoms with Gasteiger partial charge in [-0.2, -0.15) is 0 Å². The van der Waals surface area contributed by atoms with Crippen LogP contribution in [0.15, 0.2) is 4.99 Å². The number of rotatable bonds is 4. The lowest BCUT2D eigenvalue weighted by molar-refractivity contribution is 0.366. The molecule has 0 bridgehead atoms. The predicted octanol–water partition coefficient (Wildman–Crippen LogP) is 1.39. The Kier molecular flexibility index (Phi) is 6.16. The summed E-state index contributed by atoms with van der Waals surface area (Å²) < 4.78 is 0. The molecule has 0 aromatic carbocycles. The number of guanidine groups is 1. The average Bonchev–Trinajstić information content (AvgIpc) is 2.31. The van der Waals surface area contributed by atoms with Crippen molar-refractivity contribution in [2.75, 3.05) is 13.1 Å². The Morgan fingerprint density at radius 1 is 1.33 bits per heavy atom. The summed E-state index contributed by atoms with van der Waals surface area (Å²) in [6.45, 7) is 3.96. The van der Waals surface area contributed by atoms with Gasteiger partial charge in [0, 0.05) is 13.1 Å². The first-order chi connectivity index (χ1) is 7.36. The molecule has 0 spiro atoms. The van der Waals surface area contributed by atoms with E-state index in [0.717, 1.165) is 31.4 Å². The fourth-order valence-electron chi connectivity index (χ4n) is 1.99. The molecule has 1 saturated carbocycles. The smallest absolute Gasteiger partial charge is 0.205 e. The molecular formula is C11H24N4. The van der Waals surface area contributed by atoms with E-state index in [-0.39, 0.29) is 0 Å². The molecule has 0 radical (unpaired) electrons. The van der Waals surface area contributed by atoms with Crippen molar-refractivity contribution in [1.82, 2.24) is 10.7 Å². The molecule has 0 amide bonds. The number of hydrazine groups is 1. The Morgan fingerprint density at radius 2 is 2.07 bits per heavy atom. The van der Waals surface area contributed by atoms with Crippen molar-refractivity contribution in [3.63, 3.8) is 0 Å². The van der Waals surface area contributed by atoms with Crippen LogP contribution in [0, 0.1) is 5.92 Å². The number of hydrogen-bond donors (Lipinski definition) is 3. The van der Waals surface area contributed by atoms with Gasteiger partial charge in [0.05, 0.1) is 0 Å². The Balaban J connectivity index is 2.25. The monoisotopic (exact) mass is 212 g/mol. The summed E-state index contributed by atoms with van der Waals surface area (Å²) in [6.07, 6.45) is 7.88. The lowest BCUT2D eigenvalue weighted by Gasteiger charge is -2.20. The Morgan fingerprint density at radius 3 is 2.67 bits per heavy atom. The van der Waals surface area contributed by atoms with E-state index in [0.29, 0.717) is 0 Å². The zero-order valence-electron chi connectivity index (χ0n) is 9.76. The summed E-state index contributed by atoms with van der Waals surface area (Å²) in [6, 6.07) is 0. The maximum atomic E-state index is 5.39. The minimum atomic E-state index is 0.738. The molecule has 0 aromatic heterocycles. The third-order valence-corrected chi connectivity index (χ3v) is 2.91. The van der Waals surface area contributed by atoms with Gasteiger partial charge in [0.1, 0.15) is 0 Å². The number of nitrogens with zero attached hydrogens (tertiary/aromatic N) is 1. The Bertz CT molecular complexity index is 185. The van der Waals surface area contributed by atoms with Crippen molar-refractivity contribution in [3.05, 3.63) is 0 Å². The molecule has 0 heterocycles. The van der Waals surface area contributed by atoms with Crippen LogP contribution >= 0.6 is 0 Å². The average molecular weight is 212 g/mol.